The van der Waals surface area contributed by atoms with E-state index in [2.05, 4.69) is 24.2 Å². The van der Waals surface area contributed by atoms with E-state index in [1.165, 1.54) is 0 Å². The minimum absolute atomic E-state index is 0.607. The van der Waals surface area contributed by atoms with Crippen LogP contribution in [-0.4, -0.2) is 5.71 Å². The summed E-state index contributed by atoms with van der Waals surface area (Å²) in [7, 11) is 0. The van der Waals surface area contributed by atoms with E-state index in [1.54, 1.807) is 0 Å². The number of hydrogen-bond donors (Lipinski definition) is 1. The third kappa shape index (κ3) is 1.72. The van der Waals surface area contributed by atoms with Gasteiger partial charge in [0.1, 0.15) is 0 Å². The van der Waals surface area contributed by atoms with Crippen LogP contribution in [-0.2, 0) is 0 Å². The Morgan fingerprint density at radius 3 is 3.10 bits per heavy atom. The molecular weight excluding hydrogens is 124 g/mol. The zero-order valence-electron chi connectivity index (χ0n) is 6.12. The molecule has 0 saturated carbocycles. The second-order valence-corrected chi connectivity index (χ2v) is 2.53. The molecule has 0 aromatic rings. The molecule has 2 heteroatoms. The predicted octanol–water partition coefficient (Wildman–Crippen LogP) is 1.45. The highest BCUT2D eigenvalue weighted by Gasteiger charge is 1.98. The van der Waals surface area contributed by atoms with E-state index in [4.69, 9.17) is 5.84 Å². The topological polar surface area (TPSA) is 38.4 Å². The first-order valence-electron chi connectivity index (χ1n) is 3.45. The Kier molecular flexibility index (Phi) is 2.26. The van der Waals surface area contributed by atoms with Crippen LogP contribution in [0.1, 0.15) is 13.3 Å². The molecule has 0 aliphatic heterocycles. The maximum Gasteiger partial charge on any atom is 0.0820 e. The summed E-state index contributed by atoms with van der Waals surface area (Å²) in [5, 5.41) is 3.58. The molecule has 0 spiro atoms. The Morgan fingerprint density at radius 2 is 2.40 bits per heavy atom. The first-order valence-corrected chi connectivity index (χ1v) is 3.45. The lowest BCUT2D eigenvalue weighted by Gasteiger charge is -1.95. The summed E-state index contributed by atoms with van der Waals surface area (Å²) >= 11 is 0. The largest absolute Gasteiger partial charge is 0.323 e. The van der Waals surface area contributed by atoms with Crippen molar-refractivity contribution in [1.82, 2.24) is 0 Å². The van der Waals surface area contributed by atoms with E-state index in [9.17, 15) is 0 Å². The average Bonchev–Trinajstić information content (AvgIpc) is 2.14. The highest BCUT2D eigenvalue weighted by atomic mass is 15.1. The predicted molar refractivity (Wildman–Crippen MR) is 43.7 cm³/mol. The van der Waals surface area contributed by atoms with Gasteiger partial charge in [0.25, 0.3) is 0 Å². The molecule has 0 heterocycles. The van der Waals surface area contributed by atoms with Crippen molar-refractivity contribution in [3.63, 3.8) is 0 Å². The Hall–Kier alpha value is -1.05. The number of hydrazone groups is 1. The molecular formula is C8H12N2. The summed E-state index contributed by atoms with van der Waals surface area (Å²) < 4.78 is 0. The highest BCUT2D eigenvalue weighted by molar-refractivity contribution is 6.03. The zero-order valence-corrected chi connectivity index (χ0v) is 6.12. The zero-order chi connectivity index (χ0) is 7.40. The van der Waals surface area contributed by atoms with Gasteiger partial charge in [0.05, 0.1) is 5.71 Å². The van der Waals surface area contributed by atoms with Gasteiger partial charge >= 0.3 is 0 Å². The summed E-state index contributed by atoms with van der Waals surface area (Å²) in [4.78, 5) is 0. The summed E-state index contributed by atoms with van der Waals surface area (Å²) in [5.41, 5.74) is 0.851. The fourth-order valence-electron chi connectivity index (χ4n) is 0.886. The van der Waals surface area contributed by atoms with E-state index in [0.29, 0.717) is 5.92 Å². The molecule has 2 nitrogen and oxygen atoms in total. The van der Waals surface area contributed by atoms with Crippen LogP contribution in [0.15, 0.2) is 29.4 Å². The maximum atomic E-state index is 5.10. The molecule has 1 aliphatic rings. The van der Waals surface area contributed by atoms with E-state index >= 15 is 0 Å². The van der Waals surface area contributed by atoms with Crippen molar-refractivity contribution in [2.45, 2.75) is 13.3 Å². The Balaban J connectivity index is 2.74. The summed E-state index contributed by atoms with van der Waals surface area (Å²) in [5.74, 6) is 5.71. The number of rotatable bonds is 0. The van der Waals surface area contributed by atoms with Crippen molar-refractivity contribution < 1.29 is 0 Å². The molecule has 0 saturated heterocycles. The number of nitrogens with zero attached hydrogens (tertiary/aromatic N) is 1. The lowest BCUT2D eigenvalue weighted by Crippen LogP contribution is -1.92. The van der Waals surface area contributed by atoms with E-state index in [1.807, 2.05) is 12.2 Å². The number of hydrogen-bond acceptors (Lipinski definition) is 2. The molecule has 10 heavy (non-hydrogen) atoms. The van der Waals surface area contributed by atoms with Crippen molar-refractivity contribution in [2.75, 3.05) is 0 Å². The molecule has 1 atom stereocenters. The molecule has 0 amide bonds. The molecule has 1 rings (SSSR count). The Morgan fingerprint density at radius 1 is 1.60 bits per heavy atom. The molecule has 1 unspecified atom stereocenters. The quantitative estimate of drug-likeness (QED) is 0.397. The molecule has 0 aromatic carbocycles. The van der Waals surface area contributed by atoms with E-state index in [0.717, 1.165) is 12.1 Å². The van der Waals surface area contributed by atoms with Crippen LogP contribution < -0.4 is 5.84 Å². The molecule has 2 N–H and O–H groups in total. The van der Waals surface area contributed by atoms with Gasteiger partial charge in [-0.25, -0.2) is 0 Å². The summed E-state index contributed by atoms with van der Waals surface area (Å²) in [6, 6.07) is 0. The minimum Gasteiger partial charge on any atom is -0.323 e. The SMILES string of the molecule is CC1C=C/C(=N\N)C=CC1. The molecule has 0 bridgehead atoms. The van der Waals surface area contributed by atoms with Gasteiger partial charge in [0.2, 0.25) is 0 Å². The smallest absolute Gasteiger partial charge is 0.0820 e. The van der Waals surface area contributed by atoms with E-state index < -0.39 is 0 Å². The second-order valence-electron chi connectivity index (χ2n) is 2.53. The molecule has 0 radical (unpaired) electrons. The van der Waals surface area contributed by atoms with Crippen LogP contribution in [0, 0.1) is 5.92 Å². The average molecular weight is 136 g/mol. The number of allylic oxidation sites excluding steroid dienone is 4. The van der Waals surface area contributed by atoms with Crippen LogP contribution in [0.2, 0.25) is 0 Å². The fourth-order valence-corrected chi connectivity index (χ4v) is 0.886. The standard InChI is InChI=1S/C8H12N2/c1-7-3-2-4-8(10-9)6-5-7/h2,4-7H,3,9H2,1H3/b10-8-. The van der Waals surface area contributed by atoms with Crippen molar-refractivity contribution >= 4 is 5.71 Å². The van der Waals surface area contributed by atoms with Gasteiger partial charge < -0.3 is 5.84 Å². The summed E-state index contributed by atoms with van der Waals surface area (Å²) in [6.45, 7) is 2.17. The summed E-state index contributed by atoms with van der Waals surface area (Å²) in [6.07, 6.45) is 9.19. The van der Waals surface area contributed by atoms with Gasteiger partial charge in [-0.2, -0.15) is 5.10 Å². The van der Waals surface area contributed by atoms with Gasteiger partial charge in [-0.3, -0.25) is 0 Å². The lowest BCUT2D eigenvalue weighted by atomic mass is 10.1. The molecule has 0 aromatic heterocycles. The monoisotopic (exact) mass is 136 g/mol. The van der Waals surface area contributed by atoms with Crippen molar-refractivity contribution in [3.05, 3.63) is 24.3 Å². The van der Waals surface area contributed by atoms with Crippen LogP contribution in [0.25, 0.3) is 0 Å². The van der Waals surface area contributed by atoms with Gasteiger partial charge in [-0.1, -0.05) is 19.1 Å². The minimum atomic E-state index is 0.607. The van der Waals surface area contributed by atoms with E-state index in [-0.39, 0.29) is 0 Å². The first-order chi connectivity index (χ1) is 4.83. The molecule has 1 aliphatic carbocycles. The van der Waals surface area contributed by atoms with Crippen molar-refractivity contribution in [1.29, 1.82) is 0 Å². The highest BCUT2D eigenvalue weighted by Crippen LogP contribution is 2.08. The van der Waals surface area contributed by atoms with Gasteiger partial charge in [-0.15, -0.1) is 0 Å². The Labute approximate surface area is 61.1 Å². The third-order valence-electron chi connectivity index (χ3n) is 1.54. The van der Waals surface area contributed by atoms with Crippen LogP contribution in [0.3, 0.4) is 0 Å². The van der Waals surface area contributed by atoms with Gasteiger partial charge in [0, 0.05) is 0 Å². The van der Waals surface area contributed by atoms with Crippen LogP contribution >= 0.6 is 0 Å². The maximum absolute atomic E-state index is 5.10. The lowest BCUT2D eigenvalue weighted by molar-refractivity contribution is 0.748. The van der Waals surface area contributed by atoms with Crippen LogP contribution in [0.4, 0.5) is 0 Å². The second kappa shape index (κ2) is 3.20. The van der Waals surface area contributed by atoms with Gasteiger partial charge in [0.15, 0.2) is 0 Å². The van der Waals surface area contributed by atoms with Gasteiger partial charge in [-0.05, 0) is 24.5 Å². The third-order valence-corrected chi connectivity index (χ3v) is 1.54. The first kappa shape index (κ1) is 7.06. The van der Waals surface area contributed by atoms with Crippen LogP contribution in [0.5, 0.6) is 0 Å². The van der Waals surface area contributed by atoms with Crippen molar-refractivity contribution in [2.24, 2.45) is 16.9 Å². The Bertz CT molecular complexity index is 189. The van der Waals surface area contributed by atoms with Crippen molar-refractivity contribution in [3.8, 4) is 0 Å². The molecule has 0 fully saturated rings. The fraction of sp³-hybridized carbons (Fsp3) is 0.375. The molecule has 54 valence electrons. The number of nitrogens with two attached hydrogens (primary N) is 1. The normalized spacial score (nSPS) is 28.9.